The van der Waals surface area contributed by atoms with E-state index in [-0.39, 0.29) is 28.1 Å². The molecule has 5 aromatic rings. The molecule has 168 valence electrons. The maximum Gasteiger partial charge on any atom is 0.297 e. The average molecular weight is 489 g/mol. The topological polar surface area (TPSA) is 83.6 Å². The van der Waals surface area contributed by atoms with E-state index in [0.29, 0.717) is 21.1 Å². The van der Waals surface area contributed by atoms with E-state index >= 15 is 0 Å². The predicted molar refractivity (Wildman–Crippen MR) is 133 cm³/mol. The number of thiazole rings is 1. The van der Waals surface area contributed by atoms with Crippen molar-refractivity contribution >= 4 is 55.2 Å². The van der Waals surface area contributed by atoms with Gasteiger partial charge in [-0.1, -0.05) is 41.1 Å². The molecule has 0 bridgehead atoms. The number of carbonyl (C=O) groups excluding carboxylic acids is 1. The molecule has 34 heavy (non-hydrogen) atoms. The third-order valence-corrected chi connectivity index (χ3v) is 7.28. The van der Waals surface area contributed by atoms with Crippen LogP contribution in [0.25, 0.3) is 21.2 Å². The number of phenols is 1. The quantitative estimate of drug-likeness (QED) is 0.323. The molecule has 6 rings (SSSR count). The fraction of sp³-hybridized carbons (Fsp3) is 0.115. The Kier molecular flexibility index (Phi) is 4.56. The van der Waals surface area contributed by atoms with E-state index in [1.54, 1.807) is 36.4 Å². The lowest BCUT2D eigenvalue weighted by molar-refractivity contribution is 0.0971. The number of carbonyl (C=O) groups is 1. The molecule has 0 spiro atoms. The van der Waals surface area contributed by atoms with E-state index < -0.39 is 11.9 Å². The lowest BCUT2D eigenvalue weighted by Gasteiger charge is -2.22. The lowest BCUT2D eigenvalue weighted by atomic mass is 9.98. The number of aromatic nitrogens is 1. The summed E-state index contributed by atoms with van der Waals surface area (Å²) in [5, 5.41) is 11.3. The summed E-state index contributed by atoms with van der Waals surface area (Å²) in [7, 11) is 0. The van der Waals surface area contributed by atoms with Crippen molar-refractivity contribution in [3.05, 3.63) is 97.9 Å². The Balaban J connectivity index is 1.66. The third-order valence-electron chi connectivity index (χ3n) is 6.04. The second-order valence-corrected chi connectivity index (χ2v) is 9.86. The number of phenolic OH excluding ortho intramolecular Hbond substituents is 1. The lowest BCUT2D eigenvalue weighted by Crippen LogP contribution is -2.29. The van der Waals surface area contributed by atoms with Gasteiger partial charge in [0.15, 0.2) is 10.6 Å². The van der Waals surface area contributed by atoms with Crippen LogP contribution in [0.3, 0.4) is 0 Å². The van der Waals surface area contributed by atoms with Gasteiger partial charge in [0.25, 0.3) is 5.91 Å². The summed E-state index contributed by atoms with van der Waals surface area (Å²) < 4.78 is 6.91. The summed E-state index contributed by atoms with van der Waals surface area (Å²) in [6.07, 6.45) is 0. The summed E-state index contributed by atoms with van der Waals surface area (Å²) in [6, 6.07) is 14.5. The molecule has 0 unspecified atom stereocenters. The minimum Gasteiger partial charge on any atom is -0.508 e. The number of nitrogens with zero attached hydrogens (tertiary/aromatic N) is 2. The van der Waals surface area contributed by atoms with Gasteiger partial charge in [-0.15, -0.1) is 0 Å². The zero-order valence-corrected chi connectivity index (χ0v) is 19.7. The Morgan fingerprint density at radius 3 is 2.71 bits per heavy atom. The van der Waals surface area contributed by atoms with Crippen LogP contribution in [0.2, 0.25) is 5.02 Å². The molecule has 1 aliphatic rings. The Hall–Kier alpha value is -3.68. The van der Waals surface area contributed by atoms with Gasteiger partial charge in [-0.3, -0.25) is 14.5 Å². The monoisotopic (exact) mass is 488 g/mol. The van der Waals surface area contributed by atoms with E-state index in [2.05, 4.69) is 0 Å². The summed E-state index contributed by atoms with van der Waals surface area (Å²) in [4.78, 5) is 33.7. The molecule has 3 heterocycles. The van der Waals surface area contributed by atoms with E-state index in [1.807, 2.05) is 26.0 Å². The number of hydrogen-bond donors (Lipinski definition) is 1. The Morgan fingerprint density at radius 1 is 1.09 bits per heavy atom. The number of aromatic hydroxyl groups is 1. The van der Waals surface area contributed by atoms with Crippen LogP contribution in [-0.4, -0.2) is 16.0 Å². The highest BCUT2D eigenvalue weighted by atomic mass is 35.5. The Labute approximate surface area is 202 Å². The van der Waals surface area contributed by atoms with Gasteiger partial charge in [0, 0.05) is 5.02 Å². The van der Waals surface area contributed by atoms with Crippen LogP contribution in [0.15, 0.2) is 63.8 Å². The highest BCUT2D eigenvalue weighted by molar-refractivity contribution is 7.22. The van der Waals surface area contributed by atoms with Crippen molar-refractivity contribution in [2.75, 3.05) is 4.90 Å². The van der Waals surface area contributed by atoms with Gasteiger partial charge < -0.3 is 9.52 Å². The number of halogens is 1. The third kappa shape index (κ3) is 3.04. The van der Waals surface area contributed by atoms with Crippen LogP contribution >= 0.6 is 22.9 Å². The molecule has 0 saturated carbocycles. The molecule has 6 nitrogen and oxygen atoms in total. The number of hydrogen-bond acceptors (Lipinski definition) is 6. The number of anilines is 1. The van der Waals surface area contributed by atoms with E-state index in [4.69, 9.17) is 21.0 Å². The first kappa shape index (κ1) is 20.9. The molecule has 1 amide bonds. The first-order valence-electron chi connectivity index (χ1n) is 10.6. The standard InChI is InChI=1S/C26H17ClN2O4S/c1-12-8-13(2)21-19(9-12)34-26(28-21)29-22(14-4-3-5-16(30)10-14)20-23(31)17-11-15(27)6-7-18(17)33-24(20)25(29)32/h3-11,22,30H,1-2H3/t22-/m0/s1. The first-order chi connectivity index (χ1) is 16.3. The normalized spacial score (nSPS) is 15.4. The van der Waals surface area contributed by atoms with Crippen molar-refractivity contribution < 1.29 is 14.3 Å². The van der Waals surface area contributed by atoms with E-state index in [1.165, 1.54) is 22.3 Å². The van der Waals surface area contributed by atoms with Gasteiger partial charge in [-0.2, -0.15) is 0 Å². The highest BCUT2D eigenvalue weighted by Crippen LogP contribution is 2.44. The highest BCUT2D eigenvalue weighted by Gasteiger charge is 2.45. The van der Waals surface area contributed by atoms with Crippen molar-refractivity contribution in [1.82, 2.24) is 4.98 Å². The smallest absolute Gasteiger partial charge is 0.297 e. The maximum atomic E-state index is 13.7. The largest absolute Gasteiger partial charge is 0.508 e. The number of rotatable bonds is 2. The molecule has 3 aromatic carbocycles. The van der Waals surface area contributed by atoms with Crippen LogP contribution in [0.4, 0.5) is 5.13 Å². The van der Waals surface area contributed by atoms with Crippen molar-refractivity contribution in [1.29, 1.82) is 0 Å². The second-order valence-electron chi connectivity index (χ2n) is 8.41. The zero-order valence-electron chi connectivity index (χ0n) is 18.1. The molecule has 1 N–H and O–H groups in total. The van der Waals surface area contributed by atoms with Gasteiger partial charge in [0.1, 0.15) is 11.3 Å². The molecule has 0 fully saturated rings. The molecule has 2 aromatic heterocycles. The van der Waals surface area contributed by atoms with Gasteiger partial charge in [0.05, 0.1) is 27.2 Å². The first-order valence-corrected chi connectivity index (χ1v) is 11.8. The predicted octanol–water partition coefficient (Wildman–Crippen LogP) is 6.13. The van der Waals surface area contributed by atoms with Crippen molar-refractivity contribution in [3.8, 4) is 5.75 Å². The summed E-state index contributed by atoms with van der Waals surface area (Å²) in [6.45, 7) is 3.99. The van der Waals surface area contributed by atoms with Crippen LogP contribution in [0, 0.1) is 13.8 Å². The summed E-state index contributed by atoms with van der Waals surface area (Å²) >= 11 is 7.52. The van der Waals surface area contributed by atoms with Crippen molar-refractivity contribution in [3.63, 3.8) is 0 Å². The van der Waals surface area contributed by atoms with E-state index in [0.717, 1.165) is 21.3 Å². The number of fused-ring (bicyclic) bond motifs is 3. The number of aryl methyl sites for hydroxylation is 2. The number of benzene rings is 3. The molecule has 1 atom stereocenters. The zero-order chi connectivity index (χ0) is 23.7. The minimum absolute atomic E-state index is 0.0275. The fourth-order valence-electron chi connectivity index (χ4n) is 4.61. The molecule has 0 saturated heterocycles. The SMILES string of the molecule is Cc1cc(C)c2nc(N3C(=O)c4oc5ccc(Cl)cc5c(=O)c4[C@@H]3c3cccc(O)c3)sc2c1. The molecule has 0 radical (unpaired) electrons. The second kappa shape index (κ2) is 7.41. The average Bonchev–Trinajstić information content (AvgIpc) is 3.33. The van der Waals surface area contributed by atoms with Crippen molar-refractivity contribution in [2.45, 2.75) is 19.9 Å². The molecule has 0 aliphatic carbocycles. The number of amides is 1. The van der Waals surface area contributed by atoms with Gasteiger partial charge in [-0.25, -0.2) is 4.98 Å². The van der Waals surface area contributed by atoms with Crippen LogP contribution in [0.1, 0.15) is 38.9 Å². The van der Waals surface area contributed by atoms with Gasteiger partial charge in [-0.05, 0) is 66.9 Å². The van der Waals surface area contributed by atoms with Crippen LogP contribution in [-0.2, 0) is 0 Å². The van der Waals surface area contributed by atoms with Crippen LogP contribution < -0.4 is 10.3 Å². The summed E-state index contributed by atoms with van der Waals surface area (Å²) in [5.41, 5.74) is 3.64. The van der Waals surface area contributed by atoms with Gasteiger partial charge in [0.2, 0.25) is 5.76 Å². The fourth-order valence-corrected chi connectivity index (χ4v) is 5.96. The van der Waals surface area contributed by atoms with E-state index in [9.17, 15) is 14.7 Å². The van der Waals surface area contributed by atoms with Crippen molar-refractivity contribution in [2.24, 2.45) is 0 Å². The minimum atomic E-state index is -0.809. The van der Waals surface area contributed by atoms with Gasteiger partial charge >= 0.3 is 0 Å². The molecule has 1 aliphatic heterocycles. The summed E-state index contributed by atoms with van der Waals surface area (Å²) in [5.74, 6) is -0.451. The molecule has 8 heteroatoms. The molecular formula is C26H17ClN2O4S. The Morgan fingerprint density at radius 2 is 1.91 bits per heavy atom. The van der Waals surface area contributed by atoms with Crippen LogP contribution in [0.5, 0.6) is 5.75 Å². The maximum absolute atomic E-state index is 13.7. The molecular weight excluding hydrogens is 472 g/mol. The Bertz CT molecular complexity index is 1720.